The van der Waals surface area contributed by atoms with E-state index in [1.54, 1.807) is 11.3 Å². The number of imidazole rings is 1. The minimum absolute atomic E-state index is 0.531. The first kappa shape index (κ1) is 14.2. The van der Waals surface area contributed by atoms with Crippen molar-refractivity contribution in [1.29, 1.82) is 0 Å². The molecule has 3 aromatic rings. The van der Waals surface area contributed by atoms with Crippen LogP contribution in [0.5, 0.6) is 0 Å². The van der Waals surface area contributed by atoms with Gasteiger partial charge in [0.15, 0.2) is 4.96 Å². The number of nitrogens with one attached hydrogen (secondary N) is 1. The van der Waals surface area contributed by atoms with E-state index in [1.165, 1.54) is 12.1 Å². The van der Waals surface area contributed by atoms with E-state index in [4.69, 9.17) is 0 Å². The first-order valence-corrected chi connectivity index (χ1v) is 7.58. The smallest absolute Gasteiger partial charge is 0.194 e. The lowest BCUT2D eigenvalue weighted by atomic mass is 10.1. The standard InChI is InChI=1S/C15H15F2N3S/c1-10-14(20-4-5-21-15(20)19-10)9-18-3-2-11-6-12(16)8-13(17)7-11/h4-8,18H,2-3,9H2,1H3. The molecule has 0 spiro atoms. The number of nitrogens with zero attached hydrogens (tertiary/aromatic N) is 2. The second kappa shape index (κ2) is 5.91. The van der Waals surface area contributed by atoms with Gasteiger partial charge in [-0.3, -0.25) is 4.40 Å². The summed E-state index contributed by atoms with van der Waals surface area (Å²) in [5.74, 6) is -1.06. The van der Waals surface area contributed by atoms with E-state index in [0.29, 0.717) is 25.1 Å². The summed E-state index contributed by atoms with van der Waals surface area (Å²) in [5.41, 5.74) is 2.79. The number of benzene rings is 1. The molecule has 3 nitrogen and oxygen atoms in total. The molecule has 110 valence electrons. The van der Waals surface area contributed by atoms with Crippen molar-refractivity contribution in [2.45, 2.75) is 19.9 Å². The van der Waals surface area contributed by atoms with Gasteiger partial charge in [-0.25, -0.2) is 13.8 Å². The van der Waals surface area contributed by atoms with Gasteiger partial charge in [0.25, 0.3) is 0 Å². The van der Waals surface area contributed by atoms with Gasteiger partial charge >= 0.3 is 0 Å². The monoisotopic (exact) mass is 307 g/mol. The van der Waals surface area contributed by atoms with Gasteiger partial charge < -0.3 is 5.32 Å². The molecule has 0 atom stereocenters. The molecule has 0 radical (unpaired) electrons. The molecule has 1 aromatic carbocycles. The van der Waals surface area contributed by atoms with Gasteiger partial charge in [-0.2, -0.15) is 0 Å². The second-order valence-electron chi connectivity index (χ2n) is 4.90. The maximum Gasteiger partial charge on any atom is 0.194 e. The number of thiazole rings is 1. The molecule has 0 amide bonds. The van der Waals surface area contributed by atoms with Crippen LogP contribution >= 0.6 is 11.3 Å². The first-order valence-electron chi connectivity index (χ1n) is 6.70. The van der Waals surface area contributed by atoms with E-state index < -0.39 is 11.6 Å². The average Bonchev–Trinajstić information content (AvgIpc) is 2.95. The zero-order valence-electron chi connectivity index (χ0n) is 11.6. The Kier molecular flexibility index (Phi) is 3.98. The van der Waals surface area contributed by atoms with Crippen LogP contribution in [-0.2, 0) is 13.0 Å². The molecule has 0 unspecified atom stereocenters. The van der Waals surface area contributed by atoms with Gasteiger partial charge in [0, 0.05) is 24.2 Å². The largest absolute Gasteiger partial charge is 0.311 e. The molecule has 0 fully saturated rings. The van der Waals surface area contributed by atoms with E-state index in [9.17, 15) is 8.78 Å². The summed E-state index contributed by atoms with van der Waals surface area (Å²) < 4.78 is 28.2. The van der Waals surface area contributed by atoms with Gasteiger partial charge in [0.2, 0.25) is 0 Å². The Morgan fingerprint density at radius 3 is 2.76 bits per heavy atom. The average molecular weight is 307 g/mol. The Morgan fingerprint density at radius 2 is 2.00 bits per heavy atom. The molecule has 1 N–H and O–H groups in total. The van der Waals surface area contributed by atoms with Crippen LogP contribution in [0.1, 0.15) is 17.0 Å². The lowest BCUT2D eigenvalue weighted by Crippen LogP contribution is -2.18. The van der Waals surface area contributed by atoms with Gasteiger partial charge in [0.05, 0.1) is 11.4 Å². The highest BCUT2D eigenvalue weighted by molar-refractivity contribution is 7.15. The summed E-state index contributed by atoms with van der Waals surface area (Å²) in [6.45, 7) is 3.32. The van der Waals surface area contributed by atoms with Crippen molar-refractivity contribution < 1.29 is 8.78 Å². The van der Waals surface area contributed by atoms with E-state index in [-0.39, 0.29) is 0 Å². The third-order valence-electron chi connectivity index (χ3n) is 3.37. The number of hydrogen-bond donors (Lipinski definition) is 1. The molecular weight excluding hydrogens is 292 g/mol. The van der Waals surface area contributed by atoms with Crippen molar-refractivity contribution in [3.63, 3.8) is 0 Å². The normalized spacial score (nSPS) is 11.4. The highest BCUT2D eigenvalue weighted by Crippen LogP contribution is 2.16. The third kappa shape index (κ3) is 3.11. The predicted molar refractivity (Wildman–Crippen MR) is 79.6 cm³/mol. The summed E-state index contributed by atoms with van der Waals surface area (Å²) >= 11 is 1.60. The van der Waals surface area contributed by atoms with Crippen molar-refractivity contribution in [2.75, 3.05) is 6.54 Å². The zero-order chi connectivity index (χ0) is 14.8. The number of hydrogen-bond acceptors (Lipinski definition) is 3. The van der Waals surface area contributed by atoms with E-state index in [0.717, 1.165) is 22.4 Å². The van der Waals surface area contributed by atoms with E-state index in [2.05, 4.69) is 14.7 Å². The first-order chi connectivity index (χ1) is 10.1. The molecule has 0 saturated heterocycles. The maximum atomic E-state index is 13.1. The molecule has 21 heavy (non-hydrogen) atoms. The number of rotatable bonds is 5. The number of aromatic nitrogens is 2. The van der Waals surface area contributed by atoms with Crippen molar-refractivity contribution in [2.24, 2.45) is 0 Å². The van der Waals surface area contributed by atoms with Crippen LogP contribution in [0.15, 0.2) is 29.8 Å². The van der Waals surface area contributed by atoms with Gasteiger partial charge in [-0.1, -0.05) is 0 Å². The topological polar surface area (TPSA) is 29.3 Å². The summed E-state index contributed by atoms with van der Waals surface area (Å²) in [5, 5.41) is 5.30. The molecule has 0 aliphatic carbocycles. The van der Waals surface area contributed by atoms with Crippen molar-refractivity contribution >= 4 is 16.3 Å². The lowest BCUT2D eigenvalue weighted by Gasteiger charge is -2.06. The summed E-state index contributed by atoms with van der Waals surface area (Å²) in [7, 11) is 0. The van der Waals surface area contributed by atoms with Crippen molar-refractivity contribution in [3.05, 3.63) is 58.4 Å². The quantitative estimate of drug-likeness (QED) is 0.733. The van der Waals surface area contributed by atoms with Crippen molar-refractivity contribution in [1.82, 2.24) is 14.7 Å². The third-order valence-corrected chi connectivity index (χ3v) is 4.12. The Labute approximate surface area is 125 Å². The molecule has 2 heterocycles. The molecular formula is C15H15F2N3S. The fourth-order valence-electron chi connectivity index (χ4n) is 2.35. The molecule has 2 aromatic heterocycles. The highest BCUT2D eigenvalue weighted by Gasteiger charge is 2.08. The molecule has 0 bridgehead atoms. The molecule has 6 heteroatoms. The van der Waals surface area contributed by atoms with Crippen LogP contribution in [0.4, 0.5) is 8.78 Å². The minimum atomic E-state index is -0.531. The Morgan fingerprint density at radius 1 is 1.24 bits per heavy atom. The van der Waals surface area contributed by atoms with Crippen LogP contribution in [0.25, 0.3) is 4.96 Å². The second-order valence-corrected chi connectivity index (χ2v) is 5.78. The molecule has 3 rings (SSSR count). The summed E-state index contributed by atoms with van der Waals surface area (Å²) in [6.07, 6.45) is 2.58. The lowest BCUT2D eigenvalue weighted by molar-refractivity contribution is 0.577. The van der Waals surface area contributed by atoms with Gasteiger partial charge in [-0.15, -0.1) is 11.3 Å². The Bertz CT molecular complexity index is 743. The Hall–Kier alpha value is -1.79. The van der Waals surface area contributed by atoms with Crippen LogP contribution in [0.2, 0.25) is 0 Å². The fourth-order valence-corrected chi connectivity index (χ4v) is 3.13. The van der Waals surface area contributed by atoms with Crippen molar-refractivity contribution in [3.8, 4) is 0 Å². The van der Waals surface area contributed by atoms with Crippen LogP contribution < -0.4 is 5.32 Å². The van der Waals surface area contributed by atoms with Gasteiger partial charge in [-0.05, 0) is 37.6 Å². The van der Waals surface area contributed by atoms with Gasteiger partial charge in [0.1, 0.15) is 11.6 Å². The van der Waals surface area contributed by atoms with E-state index in [1.807, 2.05) is 18.5 Å². The number of aryl methyl sites for hydroxylation is 1. The highest BCUT2D eigenvalue weighted by atomic mass is 32.1. The van der Waals surface area contributed by atoms with Crippen LogP contribution in [0, 0.1) is 18.6 Å². The van der Waals surface area contributed by atoms with Crippen LogP contribution in [0.3, 0.4) is 0 Å². The fraction of sp³-hybridized carbons (Fsp3) is 0.267. The Balaban J connectivity index is 1.59. The number of halogens is 2. The molecule has 0 aliphatic heterocycles. The summed E-state index contributed by atoms with van der Waals surface area (Å²) in [6, 6.07) is 3.62. The SMILES string of the molecule is Cc1nc2sccn2c1CNCCc1cc(F)cc(F)c1. The minimum Gasteiger partial charge on any atom is -0.311 e. The number of fused-ring (bicyclic) bond motifs is 1. The van der Waals surface area contributed by atoms with Crippen LogP contribution in [-0.4, -0.2) is 15.9 Å². The zero-order valence-corrected chi connectivity index (χ0v) is 12.4. The molecule has 0 saturated carbocycles. The van der Waals surface area contributed by atoms with E-state index >= 15 is 0 Å². The summed E-state index contributed by atoms with van der Waals surface area (Å²) in [4.78, 5) is 5.46. The maximum absolute atomic E-state index is 13.1. The molecule has 0 aliphatic rings. The predicted octanol–water partition coefficient (Wildman–Crippen LogP) is 3.31.